The molecule has 1 aliphatic rings. The van der Waals surface area contributed by atoms with Crippen LogP contribution in [0.15, 0.2) is 56.4 Å². The summed E-state index contributed by atoms with van der Waals surface area (Å²) in [6.07, 6.45) is 8.11. The monoisotopic (exact) mass is 292 g/mol. The highest BCUT2D eigenvalue weighted by atomic mass is 79.9. The van der Waals surface area contributed by atoms with Crippen molar-refractivity contribution in [1.29, 1.82) is 0 Å². The van der Waals surface area contributed by atoms with Gasteiger partial charge in [-0.2, -0.15) is 0 Å². The van der Waals surface area contributed by atoms with Crippen LogP contribution in [0.2, 0.25) is 0 Å². The van der Waals surface area contributed by atoms with E-state index in [1.54, 1.807) is 12.5 Å². The van der Waals surface area contributed by atoms with Gasteiger partial charge in [0, 0.05) is 0 Å². The van der Waals surface area contributed by atoms with Gasteiger partial charge in [0.2, 0.25) is 0 Å². The van der Waals surface area contributed by atoms with Crippen LogP contribution in [0.4, 0.5) is 0 Å². The summed E-state index contributed by atoms with van der Waals surface area (Å²) in [5.41, 5.74) is 0.890. The molecule has 0 saturated heterocycles. The third-order valence-corrected chi connectivity index (χ3v) is 3.04. The Labute approximate surface area is 106 Å². The van der Waals surface area contributed by atoms with Crippen LogP contribution in [0, 0.1) is 0 Å². The van der Waals surface area contributed by atoms with Gasteiger partial charge in [0.15, 0.2) is 16.2 Å². The molecule has 0 N–H and O–H groups in total. The number of hydrogen-bond donors (Lipinski definition) is 0. The SMILES string of the molecule is Brc1oc(-c2ccco2)cc1C1=CCC=CO1. The summed E-state index contributed by atoms with van der Waals surface area (Å²) in [5, 5.41) is 0. The largest absolute Gasteiger partial charge is 0.465 e. The molecule has 0 bridgehead atoms. The topological polar surface area (TPSA) is 35.5 Å². The third kappa shape index (κ3) is 1.96. The first-order valence-corrected chi connectivity index (χ1v) is 5.99. The third-order valence-electron chi connectivity index (χ3n) is 2.45. The molecule has 0 amide bonds. The molecule has 0 radical (unpaired) electrons. The lowest BCUT2D eigenvalue weighted by atomic mass is 10.2. The van der Waals surface area contributed by atoms with Gasteiger partial charge in [0.1, 0.15) is 5.76 Å². The highest BCUT2D eigenvalue weighted by Crippen LogP contribution is 2.35. The van der Waals surface area contributed by atoms with Gasteiger partial charge < -0.3 is 13.6 Å². The van der Waals surface area contributed by atoms with E-state index in [1.165, 1.54) is 0 Å². The maximum atomic E-state index is 5.59. The van der Waals surface area contributed by atoms with Crippen LogP contribution in [-0.2, 0) is 4.74 Å². The summed E-state index contributed by atoms with van der Waals surface area (Å²) in [5.74, 6) is 2.17. The molecule has 0 aromatic carbocycles. The van der Waals surface area contributed by atoms with Crippen molar-refractivity contribution in [3.63, 3.8) is 0 Å². The fourth-order valence-corrected chi connectivity index (χ4v) is 2.13. The molecule has 0 saturated carbocycles. The molecular weight excluding hydrogens is 284 g/mol. The minimum atomic E-state index is 0.644. The summed E-state index contributed by atoms with van der Waals surface area (Å²) < 4.78 is 17.0. The lowest BCUT2D eigenvalue weighted by Crippen LogP contribution is -1.88. The van der Waals surface area contributed by atoms with Gasteiger partial charge >= 0.3 is 0 Å². The second-order valence-electron chi connectivity index (χ2n) is 3.57. The van der Waals surface area contributed by atoms with E-state index in [1.807, 2.05) is 30.4 Å². The highest BCUT2D eigenvalue weighted by Gasteiger charge is 2.17. The van der Waals surface area contributed by atoms with E-state index in [0.717, 1.165) is 17.7 Å². The first-order chi connectivity index (χ1) is 8.34. The fourth-order valence-electron chi connectivity index (χ4n) is 1.65. The lowest BCUT2D eigenvalue weighted by Gasteiger charge is -2.07. The minimum Gasteiger partial charge on any atom is -0.465 e. The molecule has 3 rings (SSSR count). The van der Waals surface area contributed by atoms with Crippen molar-refractivity contribution in [2.75, 3.05) is 0 Å². The second kappa shape index (κ2) is 4.30. The van der Waals surface area contributed by atoms with E-state index < -0.39 is 0 Å². The Balaban J connectivity index is 1.99. The van der Waals surface area contributed by atoms with Crippen LogP contribution in [0.1, 0.15) is 12.0 Å². The maximum absolute atomic E-state index is 5.59. The van der Waals surface area contributed by atoms with Crippen LogP contribution < -0.4 is 0 Å². The Kier molecular flexibility index (Phi) is 2.65. The molecule has 2 aromatic rings. The summed E-state index contributed by atoms with van der Waals surface area (Å²) in [7, 11) is 0. The number of hydrogen-bond acceptors (Lipinski definition) is 3. The molecule has 3 nitrogen and oxygen atoms in total. The van der Waals surface area contributed by atoms with Crippen molar-refractivity contribution in [3.8, 4) is 11.5 Å². The number of furan rings is 2. The predicted molar refractivity (Wildman–Crippen MR) is 66.9 cm³/mol. The molecule has 3 heterocycles. The molecular formula is C13H9BrO3. The molecule has 4 heteroatoms. The van der Waals surface area contributed by atoms with Crippen molar-refractivity contribution in [2.24, 2.45) is 0 Å². The average molecular weight is 293 g/mol. The van der Waals surface area contributed by atoms with Crippen molar-refractivity contribution in [2.45, 2.75) is 6.42 Å². The van der Waals surface area contributed by atoms with Gasteiger partial charge in [-0.05, 0) is 52.7 Å². The molecule has 0 spiro atoms. The van der Waals surface area contributed by atoms with E-state index in [4.69, 9.17) is 13.6 Å². The summed E-state index contributed by atoms with van der Waals surface area (Å²) >= 11 is 3.38. The molecule has 1 aliphatic heterocycles. The van der Waals surface area contributed by atoms with Gasteiger partial charge in [-0.3, -0.25) is 0 Å². The smallest absolute Gasteiger partial charge is 0.181 e. The molecule has 0 fully saturated rings. The number of rotatable bonds is 2. The Morgan fingerprint density at radius 3 is 2.88 bits per heavy atom. The second-order valence-corrected chi connectivity index (χ2v) is 4.29. The van der Waals surface area contributed by atoms with Crippen molar-refractivity contribution >= 4 is 21.7 Å². The van der Waals surface area contributed by atoms with Crippen molar-refractivity contribution in [3.05, 3.63) is 53.1 Å². The predicted octanol–water partition coefficient (Wildman–Crippen LogP) is 4.58. The zero-order valence-electron chi connectivity index (χ0n) is 8.85. The van der Waals surface area contributed by atoms with E-state index in [-0.39, 0.29) is 0 Å². The molecule has 2 aromatic heterocycles. The van der Waals surface area contributed by atoms with Gasteiger partial charge in [-0.1, -0.05) is 0 Å². The standard InChI is InChI=1S/C13H9BrO3/c14-13-9(10-4-1-2-6-15-10)8-12(17-13)11-5-3-7-16-11/h2-8H,1H2. The Bertz CT molecular complexity index is 576. The van der Waals surface area contributed by atoms with Crippen LogP contribution >= 0.6 is 15.9 Å². The fraction of sp³-hybridized carbons (Fsp3) is 0.0769. The molecule has 0 atom stereocenters. The number of halogens is 1. The minimum absolute atomic E-state index is 0.644. The first-order valence-electron chi connectivity index (χ1n) is 5.20. The highest BCUT2D eigenvalue weighted by molar-refractivity contribution is 9.10. The molecule has 86 valence electrons. The molecule has 0 aliphatic carbocycles. The zero-order chi connectivity index (χ0) is 11.7. The average Bonchev–Trinajstić information content (AvgIpc) is 2.99. The number of allylic oxidation sites excluding steroid dienone is 2. The van der Waals surface area contributed by atoms with E-state index in [2.05, 4.69) is 15.9 Å². The molecule has 0 unspecified atom stereocenters. The van der Waals surface area contributed by atoms with Gasteiger partial charge in [-0.25, -0.2) is 0 Å². The Morgan fingerprint density at radius 2 is 2.18 bits per heavy atom. The normalized spacial score (nSPS) is 14.5. The summed E-state index contributed by atoms with van der Waals surface area (Å²) in [6.45, 7) is 0. The lowest BCUT2D eigenvalue weighted by molar-refractivity contribution is 0.425. The van der Waals surface area contributed by atoms with E-state index >= 15 is 0 Å². The first kappa shape index (κ1) is 10.5. The Hall–Kier alpha value is -1.68. The molecule has 17 heavy (non-hydrogen) atoms. The Morgan fingerprint density at radius 1 is 1.24 bits per heavy atom. The summed E-state index contributed by atoms with van der Waals surface area (Å²) in [6, 6.07) is 5.57. The number of ether oxygens (including phenoxy) is 1. The van der Waals surface area contributed by atoms with Gasteiger partial charge in [-0.15, -0.1) is 0 Å². The van der Waals surface area contributed by atoms with E-state index in [0.29, 0.717) is 16.2 Å². The van der Waals surface area contributed by atoms with Crippen LogP contribution in [0.25, 0.3) is 17.3 Å². The van der Waals surface area contributed by atoms with Crippen LogP contribution in [0.3, 0.4) is 0 Å². The van der Waals surface area contributed by atoms with Crippen LogP contribution in [0.5, 0.6) is 0 Å². The van der Waals surface area contributed by atoms with E-state index in [9.17, 15) is 0 Å². The van der Waals surface area contributed by atoms with Crippen molar-refractivity contribution < 1.29 is 13.6 Å². The summed E-state index contributed by atoms with van der Waals surface area (Å²) in [4.78, 5) is 0. The maximum Gasteiger partial charge on any atom is 0.181 e. The van der Waals surface area contributed by atoms with Gasteiger partial charge in [0.05, 0.1) is 18.1 Å². The van der Waals surface area contributed by atoms with Crippen molar-refractivity contribution in [1.82, 2.24) is 0 Å². The van der Waals surface area contributed by atoms with Crippen LogP contribution in [-0.4, -0.2) is 0 Å². The van der Waals surface area contributed by atoms with Gasteiger partial charge in [0.25, 0.3) is 0 Å². The zero-order valence-corrected chi connectivity index (χ0v) is 10.4. The quantitative estimate of drug-likeness (QED) is 0.813.